The molecule has 8 heavy (non-hydrogen) atoms. The lowest BCUT2D eigenvalue weighted by Crippen LogP contribution is -2.45. The third-order valence-electron chi connectivity index (χ3n) is 1.24. The van der Waals surface area contributed by atoms with Gasteiger partial charge in [0, 0.05) is 6.42 Å². The molecular weight excluding hydrogens is 104 g/mol. The predicted octanol–water partition coefficient (Wildman–Crippen LogP) is -0.248. The number of rotatable bonds is 1. The first-order valence-electron chi connectivity index (χ1n) is 2.58. The zero-order chi connectivity index (χ0) is 6.04. The third kappa shape index (κ3) is 0.888. The molecule has 0 aliphatic carbocycles. The second-order valence-electron chi connectivity index (χ2n) is 1.95. The summed E-state index contributed by atoms with van der Waals surface area (Å²) >= 11 is 0. The molecule has 1 aliphatic rings. The highest BCUT2D eigenvalue weighted by molar-refractivity contribution is 4.97. The molecule has 1 heterocycles. The average Bonchev–Trinajstić information content (AvgIpc) is 2.17. The van der Waals surface area contributed by atoms with Crippen LogP contribution in [0.4, 0.5) is 0 Å². The Hall–Kier alpha value is -0.380. The van der Waals surface area contributed by atoms with E-state index in [4.69, 9.17) is 10.6 Å². The smallest absolute Gasteiger partial charge is 0.110 e. The van der Waals surface area contributed by atoms with E-state index in [2.05, 4.69) is 12.1 Å². The molecule has 1 saturated heterocycles. The Bertz CT molecular complexity index is 96.6. The van der Waals surface area contributed by atoms with Crippen molar-refractivity contribution < 1.29 is 4.84 Å². The highest BCUT2D eigenvalue weighted by Gasteiger charge is 2.25. The molecule has 0 amide bonds. The van der Waals surface area contributed by atoms with Crippen LogP contribution in [0, 0.1) is 0 Å². The van der Waals surface area contributed by atoms with Crippen molar-refractivity contribution >= 4 is 0 Å². The molecule has 0 spiro atoms. The maximum absolute atomic E-state index is 5.60. The molecule has 3 heteroatoms. The van der Waals surface area contributed by atoms with Gasteiger partial charge in [-0.1, -0.05) is 12.7 Å². The molecule has 1 rings (SSSR count). The SMILES string of the molecule is C=CC1(N)CCON1. The average molecular weight is 114 g/mol. The van der Waals surface area contributed by atoms with E-state index >= 15 is 0 Å². The van der Waals surface area contributed by atoms with Crippen molar-refractivity contribution in [1.82, 2.24) is 5.48 Å². The van der Waals surface area contributed by atoms with Crippen molar-refractivity contribution in [2.75, 3.05) is 6.61 Å². The molecule has 0 radical (unpaired) electrons. The van der Waals surface area contributed by atoms with Gasteiger partial charge >= 0.3 is 0 Å². The summed E-state index contributed by atoms with van der Waals surface area (Å²) in [6.07, 6.45) is 2.45. The van der Waals surface area contributed by atoms with Crippen LogP contribution < -0.4 is 11.2 Å². The van der Waals surface area contributed by atoms with Crippen LogP contribution in [0.5, 0.6) is 0 Å². The lowest BCUT2D eigenvalue weighted by molar-refractivity contribution is 0.0748. The van der Waals surface area contributed by atoms with Crippen LogP contribution in [0.1, 0.15) is 6.42 Å². The predicted molar refractivity (Wildman–Crippen MR) is 30.8 cm³/mol. The Morgan fingerprint density at radius 3 is 2.88 bits per heavy atom. The first kappa shape index (κ1) is 5.75. The van der Waals surface area contributed by atoms with Gasteiger partial charge in [-0.05, 0) is 0 Å². The Labute approximate surface area is 48.5 Å². The molecule has 1 aliphatic heterocycles. The lowest BCUT2D eigenvalue weighted by Gasteiger charge is -2.15. The Balaban J connectivity index is 2.52. The van der Waals surface area contributed by atoms with Gasteiger partial charge in [-0.2, -0.15) is 5.48 Å². The number of nitrogens with two attached hydrogens (primary N) is 1. The van der Waals surface area contributed by atoms with Crippen LogP contribution in [0.2, 0.25) is 0 Å². The van der Waals surface area contributed by atoms with Crippen LogP contribution in [-0.4, -0.2) is 12.3 Å². The molecule has 0 bridgehead atoms. The van der Waals surface area contributed by atoms with Crippen molar-refractivity contribution in [3.63, 3.8) is 0 Å². The summed E-state index contributed by atoms with van der Waals surface area (Å²) < 4.78 is 0. The number of hydroxylamine groups is 1. The highest BCUT2D eigenvalue weighted by atomic mass is 16.7. The zero-order valence-corrected chi connectivity index (χ0v) is 4.68. The fourth-order valence-electron chi connectivity index (χ4n) is 0.600. The quantitative estimate of drug-likeness (QED) is 0.462. The van der Waals surface area contributed by atoms with Crippen molar-refractivity contribution in [3.05, 3.63) is 12.7 Å². The second-order valence-corrected chi connectivity index (χ2v) is 1.95. The molecule has 1 fully saturated rings. The van der Waals surface area contributed by atoms with Gasteiger partial charge in [0.1, 0.15) is 5.66 Å². The minimum atomic E-state index is -0.472. The summed E-state index contributed by atoms with van der Waals surface area (Å²) in [5.41, 5.74) is 7.77. The van der Waals surface area contributed by atoms with Crippen molar-refractivity contribution in [2.45, 2.75) is 12.1 Å². The molecule has 46 valence electrons. The number of nitrogens with one attached hydrogen (secondary N) is 1. The Morgan fingerprint density at radius 1 is 1.88 bits per heavy atom. The van der Waals surface area contributed by atoms with Crippen molar-refractivity contribution in [1.29, 1.82) is 0 Å². The molecule has 0 aromatic heterocycles. The largest absolute Gasteiger partial charge is 0.308 e. The summed E-state index contributed by atoms with van der Waals surface area (Å²) in [6, 6.07) is 0. The Kier molecular flexibility index (Phi) is 1.33. The molecule has 1 atom stereocenters. The van der Waals surface area contributed by atoms with Gasteiger partial charge in [-0.15, -0.1) is 0 Å². The fourth-order valence-corrected chi connectivity index (χ4v) is 0.600. The Morgan fingerprint density at radius 2 is 2.62 bits per heavy atom. The van der Waals surface area contributed by atoms with E-state index in [1.165, 1.54) is 0 Å². The molecule has 3 nitrogen and oxygen atoms in total. The van der Waals surface area contributed by atoms with E-state index in [0.717, 1.165) is 6.42 Å². The van der Waals surface area contributed by atoms with E-state index in [9.17, 15) is 0 Å². The molecule has 0 saturated carbocycles. The van der Waals surface area contributed by atoms with Crippen LogP contribution in [0.25, 0.3) is 0 Å². The van der Waals surface area contributed by atoms with E-state index in [1.807, 2.05) is 0 Å². The van der Waals surface area contributed by atoms with Crippen LogP contribution in [0.3, 0.4) is 0 Å². The van der Waals surface area contributed by atoms with E-state index in [0.29, 0.717) is 6.61 Å². The summed E-state index contributed by atoms with van der Waals surface area (Å²) in [5.74, 6) is 0. The summed E-state index contributed by atoms with van der Waals surface area (Å²) in [5, 5.41) is 0. The number of hydrogen-bond donors (Lipinski definition) is 2. The summed E-state index contributed by atoms with van der Waals surface area (Å²) in [4.78, 5) is 4.80. The summed E-state index contributed by atoms with van der Waals surface area (Å²) in [6.45, 7) is 4.22. The van der Waals surface area contributed by atoms with E-state index in [-0.39, 0.29) is 0 Å². The molecule has 3 N–H and O–H groups in total. The van der Waals surface area contributed by atoms with Crippen molar-refractivity contribution in [2.24, 2.45) is 5.73 Å². The molecule has 0 aromatic rings. The molecule has 0 aromatic carbocycles. The van der Waals surface area contributed by atoms with Gasteiger partial charge in [0.2, 0.25) is 0 Å². The molecular formula is C5H10N2O. The highest BCUT2D eigenvalue weighted by Crippen LogP contribution is 2.09. The maximum atomic E-state index is 5.60. The lowest BCUT2D eigenvalue weighted by atomic mass is 10.1. The first-order chi connectivity index (χ1) is 3.77. The monoisotopic (exact) mass is 114 g/mol. The van der Waals surface area contributed by atoms with Gasteiger partial charge in [0.15, 0.2) is 0 Å². The van der Waals surface area contributed by atoms with Crippen molar-refractivity contribution in [3.8, 4) is 0 Å². The topological polar surface area (TPSA) is 47.3 Å². The van der Waals surface area contributed by atoms with Gasteiger partial charge in [-0.25, -0.2) is 0 Å². The van der Waals surface area contributed by atoms with Crippen LogP contribution in [0.15, 0.2) is 12.7 Å². The van der Waals surface area contributed by atoms with Crippen LogP contribution in [-0.2, 0) is 4.84 Å². The first-order valence-corrected chi connectivity index (χ1v) is 2.58. The standard InChI is InChI=1S/C5H10N2O/c1-2-5(6)3-4-8-7-5/h2,7H,1,3-4,6H2. The number of hydrogen-bond acceptors (Lipinski definition) is 3. The minimum absolute atomic E-state index is 0.472. The van der Waals surface area contributed by atoms with E-state index < -0.39 is 5.66 Å². The normalized spacial score (nSPS) is 37.6. The van der Waals surface area contributed by atoms with Gasteiger partial charge in [0.25, 0.3) is 0 Å². The van der Waals surface area contributed by atoms with Gasteiger partial charge < -0.3 is 5.73 Å². The van der Waals surface area contributed by atoms with E-state index in [1.54, 1.807) is 6.08 Å². The fraction of sp³-hybridized carbons (Fsp3) is 0.600. The molecule has 1 unspecified atom stereocenters. The second kappa shape index (κ2) is 1.85. The maximum Gasteiger partial charge on any atom is 0.110 e. The summed E-state index contributed by atoms with van der Waals surface area (Å²) in [7, 11) is 0. The van der Waals surface area contributed by atoms with Crippen LogP contribution >= 0.6 is 0 Å². The third-order valence-corrected chi connectivity index (χ3v) is 1.24. The van der Waals surface area contributed by atoms with Gasteiger partial charge in [-0.3, -0.25) is 4.84 Å². The minimum Gasteiger partial charge on any atom is -0.308 e. The zero-order valence-electron chi connectivity index (χ0n) is 4.68. The van der Waals surface area contributed by atoms with Gasteiger partial charge in [0.05, 0.1) is 6.61 Å².